The molecule has 1 saturated carbocycles. The first kappa shape index (κ1) is 13.4. The number of anilines is 1. The maximum atomic E-state index is 6.09. The van der Waals surface area contributed by atoms with E-state index in [1.807, 2.05) is 13.8 Å². The van der Waals surface area contributed by atoms with E-state index in [2.05, 4.69) is 15.3 Å². The summed E-state index contributed by atoms with van der Waals surface area (Å²) in [6.45, 7) is 4.84. The van der Waals surface area contributed by atoms with Crippen molar-refractivity contribution in [2.24, 2.45) is 5.92 Å². The molecule has 2 atom stereocenters. The molecule has 5 heteroatoms. The largest absolute Gasteiger partial charge is 0.475 e. The van der Waals surface area contributed by atoms with Crippen molar-refractivity contribution in [1.29, 1.82) is 0 Å². The van der Waals surface area contributed by atoms with E-state index in [9.17, 15) is 0 Å². The van der Waals surface area contributed by atoms with Crippen molar-refractivity contribution < 1.29 is 4.74 Å². The van der Waals surface area contributed by atoms with Crippen LogP contribution in [0.1, 0.15) is 33.1 Å². The maximum Gasteiger partial charge on any atom is 0.225 e. The lowest BCUT2D eigenvalue weighted by molar-refractivity contribution is 0.232. The molecule has 2 unspecified atom stereocenters. The molecule has 0 aliphatic heterocycles. The summed E-state index contributed by atoms with van der Waals surface area (Å²) in [7, 11) is 0. The summed E-state index contributed by atoms with van der Waals surface area (Å²) in [5.74, 6) is 1.88. The topological polar surface area (TPSA) is 47.0 Å². The average Bonchev–Trinajstić information content (AvgIpc) is 2.72. The van der Waals surface area contributed by atoms with Gasteiger partial charge < -0.3 is 10.1 Å². The minimum atomic E-state index is 0.125. The number of hydrogen-bond acceptors (Lipinski definition) is 4. The molecule has 1 aliphatic carbocycles. The number of ether oxygens (including phenoxy) is 1. The third kappa shape index (κ3) is 4.02. The Morgan fingerprint density at radius 2 is 2.33 bits per heavy atom. The molecule has 1 N–H and O–H groups in total. The highest BCUT2D eigenvalue weighted by molar-refractivity contribution is 6.20. The van der Waals surface area contributed by atoms with Gasteiger partial charge in [0, 0.05) is 24.2 Å². The Balaban J connectivity index is 1.85. The zero-order valence-electron chi connectivity index (χ0n) is 10.9. The third-order valence-electron chi connectivity index (χ3n) is 3.01. The molecule has 0 bridgehead atoms. The Hall–Kier alpha value is -1.03. The molecule has 4 nitrogen and oxygen atoms in total. The summed E-state index contributed by atoms with van der Waals surface area (Å²) >= 11 is 6.09. The third-order valence-corrected chi connectivity index (χ3v) is 3.41. The van der Waals surface area contributed by atoms with E-state index in [0.717, 1.165) is 19.4 Å². The standard InChI is InChI=1S/C13H20ClN3O/c1-9(2)18-12-5-6-15-13(17-12)16-8-10-3-4-11(14)7-10/h5-6,9-11H,3-4,7-8H2,1-2H3,(H,15,16,17). The molecule has 1 fully saturated rings. The Morgan fingerprint density at radius 1 is 1.50 bits per heavy atom. The van der Waals surface area contributed by atoms with Crippen molar-refractivity contribution >= 4 is 17.5 Å². The average molecular weight is 270 g/mol. The van der Waals surface area contributed by atoms with Crippen LogP contribution in [-0.4, -0.2) is 28.0 Å². The highest BCUT2D eigenvalue weighted by Crippen LogP contribution is 2.29. The Bertz CT molecular complexity index is 386. The van der Waals surface area contributed by atoms with Crippen LogP contribution in [0.25, 0.3) is 0 Å². The first-order valence-electron chi connectivity index (χ1n) is 6.51. The molecule has 0 saturated heterocycles. The van der Waals surface area contributed by atoms with E-state index in [1.165, 1.54) is 6.42 Å². The minimum Gasteiger partial charge on any atom is -0.475 e. The van der Waals surface area contributed by atoms with Crippen LogP contribution < -0.4 is 10.1 Å². The van der Waals surface area contributed by atoms with Gasteiger partial charge >= 0.3 is 0 Å². The first-order chi connectivity index (χ1) is 8.63. The van der Waals surface area contributed by atoms with E-state index in [1.54, 1.807) is 12.3 Å². The molecule has 2 rings (SSSR count). The van der Waals surface area contributed by atoms with Gasteiger partial charge in [0.2, 0.25) is 11.8 Å². The van der Waals surface area contributed by atoms with Crippen molar-refractivity contribution in [3.8, 4) is 5.88 Å². The van der Waals surface area contributed by atoms with E-state index >= 15 is 0 Å². The Labute approximate surface area is 113 Å². The predicted octanol–water partition coefficient (Wildman–Crippen LogP) is 3.08. The van der Waals surface area contributed by atoms with Crippen molar-refractivity contribution in [3.63, 3.8) is 0 Å². The summed E-state index contributed by atoms with van der Waals surface area (Å²) < 4.78 is 5.53. The van der Waals surface area contributed by atoms with Crippen molar-refractivity contribution in [2.75, 3.05) is 11.9 Å². The number of alkyl halides is 1. The number of hydrogen-bond donors (Lipinski definition) is 1. The molecular formula is C13H20ClN3O. The van der Waals surface area contributed by atoms with Gasteiger partial charge in [0.25, 0.3) is 0 Å². The Morgan fingerprint density at radius 3 is 3.00 bits per heavy atom. The summed E-state index contributed by atoms with van der Waals surface area (Å²) in [5.41, 5.74) is 0. The molecule has 1 aliphatic rings. The molecule has 0 spiro atoms. The second-order valence-electron chi connectivity index (χ2n) is 5.04. The van der Waals surface area contributed by atoms with Crippen LogP contribution in [0.5, 0.6) is 5.88 Å². The zero-order chi connectivity index (χ0) is 13.0. The van der Waals surface area contributed by atoms with Gasteiger partial charge in [-0.3, -0.25) is 0 Å². The molecule has 1 aromatic rings. The number of nitrogens with zero attached hydrogens (tertiary/aromatic N) is 2. The molecule has 100 valence electrons. The van der Waals surface area contributed by atoms with Crippen LogP contribution in [0, 0.1) is 5.92 Å². The van der Waals surface area contributed by atoms with E-state index in [-0.39, 0.29) is 6.10 Å². The summed E-state index contributed by atoms with van der Waals surface area (Å²) in [6.07, 6.45) is 5.22. The molecule has 18 heavy (non-hydrogen) atoms. The van der Waals surface area contributed by atoms with E-state index in [4.69, 9.17) is 16.3 Å². The quantitative estimate of drug-likeness (QED) is 0.835. The zero-order valence-corrected chi connectivity index (χ0v) is 11.7. The van der Waals surface area contributed by atoms with Gasteiger partial charge in [-0.2, -0.15) is 4.98 Å². The first-order valence-corrected chi connectivity index (χ1v) is 6.95. The monoisotopic (exact) mass is 269 g/mol. The van der Waals surface area contributed by atoms with E-state index < -0.39 is 0 Å². The van der Waals surface area contributed by atoms with Crippen molar-refractivity contribution in [2.45, 2.75) is 44.6 Å². The molecule has 0 amide bonds. The Kier molecular flexibility index (Phi) is 4.64. The van der Waals surface area contributed by atoms with Crippen molar-refractivity contribution in [3.05, 3.63) is 12.3 Å². The highest BCUT2D eigenvalue weighted by Gasteiger charge is 2.22. The molecule has 0 aromatic carbocycles. The number of halogens is 1. The van der Waals surface area contributed by atoms with E-state index in [0.29, 0.717) is 23.1 Å². The lowest BCUT2D eigenvalue weighted by atomic mass is 10.1. The molecule has 0 radical (unpaired) electrons. The van der Waals surface area contributed by atoms with Gasteiger partial charge in [0.05, 0.1) is 6.10 Å². The second-order valence-corrected chi connectivity index (χ2v) is 5.66. The second kappa shape index (κ2) is 6.23. The number of nitrogens with one attached hydrogen (secondary N) is 1. The smallest absolute Gasteiger partial charge is 0.225 e. The van der Waals surface area contributed by atoms with Gasteiger partial charge in [-0.25, -0.2) is 4.98 Å². The normalized spacial score (nSPS) is 23.3. The van der Waals surface area contributed by atoms with Crippen molar-refractivity contribution in [1.82, 2.24) is 9.97 Å². The van der Waals surface area contributed by atoms with Crippen LogP contribution in [0.15, 0.2) is 12.3 Å². The maximum absolute atomic E-state index is 6.09. The summed E-state index contributed by atoms with van der Waals surface area (Å²) in [5, 5.41) is 3.60. The summed E-state index contributed by atoms with van der Waals surface area (Å²) in [6, 6.07) is 1.77. The van der Waals surface area contributed by atoms with Gasteiger partial charge in [-0.1, -0.05) is 0 Å². The molecule has 1 heterocycles. The fraction of sp³-hybridized carbons (Fsp3) is 0.692. The SMILES string of the molecule is CC(C)Oc1ccnc(NCC2CCC(Cl)C2)n1. The van der Waals surface area contributed by atoms with Crippen LogP contribution in [0.3, 0.4) is 0 Å². The van der Waals surface area contributed by atoms with Crippen LogP contribution in [0.4, 0.5) is 5.95 Å². The molecular weight excluding hydrogens is 250 g/mol. The van der Waals surface area contributed by atoms with Gasteiger partial charge in [0.1, 0.15) is 0 Å². The predicted molar refractivity (Wildman–Crippen MR) is 73.3 cm³/mol. The van der Waals surface area contributed by atoms with Gasteiger partial charge in [0.15, 0.2) is 0 Å². The molecule has 1 aromatic heterocycles. The number of aromatic nitrogens is 2. The minimum absolute atomic E-state index is 0.125. The van der Waals surface area contributed by atoms with Gasteiger partial charge in [-0.15, -0.1) is 11.6 Å². The van der Waals surface area contributed by atoms with Crippen LogP contribution in [0.2, 0.25) is 0 Å². The fourth-order valence-corrected chi connectivity index (χ4v) is 2.55. The lowest BCUT2D eigenvalue weighted by Crippen LogP contribution is -2.14. The van der Waals surface area contributed by atoms with Gasteiger partial charge in [-0.05, 0) is 39.0 Å². The highest BCUT2D eigenvalue weighted by atomic mass is 35.5. The van der Waals surface area contributed by atoms with Crippen LogP contribution >= 0.6 is 11.6 Å². The summed E-state index contributed by atoms with van der Waals surface area (Å²) in [4.78, 5) is 8.51. The fourth-order valence-electron chi connectivity index (χ4n) is 2.17. The van der Waals surface area contributed by atoms with Crippen LogP contribution in [-0.2, 0) is 0 Å². The lowest BCUT2D eigenvalue weighted by Gasteiger charge is -2.12. The number of rotatable bonds is 5.